The summed E-state index contributed by atoms with van der Waals surface area (Å²) < 4.78 is 39.1. The molecule has 1 heterocycles. The zero-order chi connectivity index (χ0) is 17.1. The van der Waals surface area contributed by atoms with Crippen LogP contribution < -0.4 is 0 Å². The number of carbonyl (C=O) groups is 1. The number of carbonyl (C=O) groups excluding carboxylic acids is 1. The molecule has 2 aromatic carbocycles. The molecule has 0 unspecified atom stereocenters. The van der Waals surface area contributed by atoms with Gasteiger partial charge in [-0.25, -0.2) is 13.2 Å². The maximum atomic E-state index is 13.2. The van der Waals surface area contributed by atoms with Crippen molar-refractivity contribution in [1.82, 2.24) is 9.80 Å². The molecule has 0 spiro atoms. The van der Waals surface area contributed by atoms with Crippen molar-refractivity contribution >= 4 is 5.91 Å². The standard InChI is InChI=1S/C18H17F3N2O/c19-15-4-2-14(3-5-15)18(24)23-9-7-22(8-10-23)12-13-1-6-16(20)17(21)11-13/h1-6,11H,7-10,12H2. The fraction of sp³-hybridized carbons (Fsp3) is 0.278. The third-order valence-corrected chi connectivity index (χ3v) is 4.14. The van der Waals surface area contributed by atoms with Crippen molar-refractivity contribution in [3.8, 4) is 0 Å². The minimum Gasteiger partial charge on any atom is -0.336 e. The van der Waals surface area contributed by atoms with Gasteiger partial charge in [0.2, 0.25) is 0 Å². The van der Waals surface area contributed by atoms with Crippen LogP contribution in [0.25, 0.3) is 0 Å². The third-order valence-electron chi connectivity index (χ3n) is 4.14. The van der Waals surface area contributed by atoms with Gasteiger partial charge >= 0.3 is 0 Å². The molecule has 2 aromatic rings. The van der Waals surface area contributed by atoms with E-state index >= 15 is 0 Å². The number of hydrogen-bond donors (Lipinski definition) is 0. The molecule has 6 heteroatoms. The minimum atomic E-state index is -0.853. The molecule has 0 radical (unpaired) electrons. The Morgan fingerprint density at radius 1 is 0.875 bits per heavy atom. The first kappa shape index (κ1) is 16.5. The van der Waals surface area contributed by atoms with Crippen LogP contribution in [0.4, 0.5) is 13.2 Å². The van der Waals surface area contributed by atoms with Crippen molar-refractivity contribution < 1.29 is 18.0 Å². The lowest BCUT2D eigenvalue weighted by Gasteiger charge is -2.34. The van der Waals surface area contributed by atoms with Gasteiger partial charge in [0.1, 0.15) is 5.82 Å². The Morgan fingerprint density at radius 2 is 1.54 bits per heavy atom. The molecule has 1 amide bonds. The number of benzene rings is 2. The van der Waals surface area contributed by atoms with E-state index in [2.05, 4.69) is 4.90 Å². The van der Waals surface area contributed by atoms with Crippen molar-refractivity contribution in [1.29, 1.82) is 0 Å². The number of amides is 1. The monoisotopic (exact) mass is 334 g/mol. The average molecular weight is 334 g/mol. The summed E-state index contributed by atoms with van der Waals surface area (Å²) in [7, 11) is 0. The van der Waals surface area contributed by atoms with Crippen molar-refractivity contribution in [2.75, 3.05) is 26.2 Å². The molecule has 3 nitrogen and oxygen atoms in total. The summed E-state index contributed by atoms with van der Waals surface area (Å²) in [5.74, 6) is -2.20. The van der Waals surface area contributed by atoms with Gasteiger partial charge in [0.15, 0.2) is 11.6 Å². The van der Waals surface area contributed by atoms with Gasteiger partial charge < -0.3 is 4.90 Å². The topological polar surface area (TPSA) is 23.6 Å². The van der Waals surface area contributed by atoms with E-state index < -0.39 is 11.6 Å². The van der Waals surface area contributed by atoms with Crippen LogP contribution in [0.1, 0.15) is 15.9 Å². The second kappa shape index (κ2) is 7.05. The molecule has 1 aliphatic heterocycles. The largest absolute Gasteiger partial charge is 0.336 e. The Labute approximate surface area is 138 Å². The predicted molar refractivity (Wildman–Crippen MR) is 83.9 cm³/mol. The Balaban J connectivity index is 1.56. The highest BCUT2D eigenvalue weighted by molar-refractivity contribution is 5.94. The number of rotatable bonds is 3. The molecule has 0 aliphatic carbocycles. The minimum absolute atomic E-state index is 0.123. The second-order valence-corrected chi connectivity index (χ2v) is 5.82. The highest BCUT2D eigenvalue weighted by Crippen LogP contribution is 2.14. The van der Waals surface area contributed by atoms with Crippen LogP contribution in [0.15, 0.2) is 42.5 Å². The normalized spacial score (nSPS) is 15.5. The summed E-state index contributed by atoms with van der Waals surface area (Å²) >= 11 is 0. The van der Waals surface area contributed by atoms with Crippen molar-refractivity contribution in [3.05, 3.63) is 71.0 Å². The Hall–Kier alpha value is -2.34. The molecule has 0 bridgehead atoms. The van der Waals surface area contributed by atoms with E-state index in [-0.39, 0.29) is 11.7 Å². The second-order valence-electron chi connectivity index (χ2n) is 5.82. The maximum Gasteiger partial charge on any atom is 0.253 e. The van der Waals surface area contributed by atoms with E-state index in [1.54, 1.807) is 11.0 Å². The SMILES string of the molecule is O=C(c1ccc(F)cc1)N1CCN(Cc2ccc(F)c(F)c2)CC1. The quantitative estimate of drug-likeness (QED) is 0.861. The van der Waals surface area contributed by atoms with Crippen molar-refractivity contribution in [2.24, 2.45) is 0 Å². The summed E-state index contributed by atoms with van der Waals surface area (Å²) in [6.45, 7) is 2.88. The molecule has 0 saturated carbocycles. The Morgan fingerprint density at radius 3 is 2.17 bits per heavy atom. The van der Waals surface area contributed by atoms with E-state index in [0.717, 1.165) is 6.07 Å². The lowest BCUT2D eigenvalue weighted by molar-refractivity contribution is 0.0628. The summed E-state index contributed by atoms with van der Waals surface area (Å²) in [6.07, 6.45) is 0. The summed E-state index contributed by atoms with van der Waals surface area (Å²) in [5.41, 5.74) is 1.16. The van der Waals surface area contributed by atoms with Crippen LogP contribution in [0.5, 0.6) is 0 Å². The zero-order valence-corrected chi connectivity index (χ0v) is 13.0. The molecule has 126 valence electrons. The molecule has 0 atom stereocenters. The molecule has 24 heavy (non-hydrogen) atoms. The Bertz CT molecular complexity index is 726. The van der Waals surface area contributed by atoms with Gasteiger partial charge in [0, 0.05) is 38.3 Å². The van der Waals surface area contributed by atoms with Gasteiger partial charge in [-0.05, 0) is 42.0 Å². The molecular formula is C18H17F3N2O. The lowest BCUT2D eigenvalue weighted by atomic mass is 10.1. The van der Waals surface area contributed by atoms with Gasteiger partial charge in [0.05, 0.1) is 0 Å². The first-order valence-electron chi connectivity index (χ1n) is 7.74. The molecule has 0 N–H and O–H groups in total. The van der Waals surface area contributed by atoms with E-state index in [9.17, 15) is 18.0 Å². The molecule has 3 rings (SSSR count). The van der Waals surface area contributed by atoms with E-state index in [1.165, 1.54) is 30.3 Å². The maximum absolute atomic E-state index is 13.2. The predicted octanol–water partition coefficient (Wildman–Crippen LogP) is 3.06. The number of hydrogen-bond acceptors (Lipinski definition) is 2. The smallest absolute Gasteiger partial charge is 0.253 e. The van der Waals surface area contributed by atoms with Crippen LogP contribution in [-0.2, 0) is 6.54 Å². The summed E-state index contributed by atoms with van der Waals surface area (Å²) in [4.78, 5) is 16.2. The van der Waals surface area contributed by atoms with Gasteiger partial charge in [-0.1, -0.05) is 6.07 Å². The zero-order valence-electron chi connectivity index (χ0n) is 13.0. The van der Waals surface area contributed by atoms with Crippen LogP contribution >= 0.6 is 0 Å². The van der Waals surface area contributed by atoms with Crippen LogP contribution in [0.2, 0.25) is 0 Å². The van der Waals surface area contributed by atoms with E-state index in [0.29, 0.717) is 43.9 Å². The molecule has 1 aliphatic rings. The Kier molecular flexibility index (Phi) is 4.85. The van der Waals surface area contributed by atoms with Gasteiger partial charge in [-0.2, -0.15) is 0 Å². The van der Waals surface area contributed by atoms with Crippen LogP contribution in [0.3, 0.4) is 0 Å². The first-order chi connectivity index (χ1) is 11.5. The number of piperazine rings is 1. The van der Waals surface area contributed by atoms with Gasteiger partial charge in [-0.3, -0.25) is 9.69 Å². The highest BCUT2D eigenvalue weighted by Gasteiger charge is 2.22. The van der Waals surface area contributed by atoms with Gasteiger partial charge in [0.25, 0.3) is 5.91 Å². The van der Waals surface area contributed by atoms with E-state index in [1.807, 2.05) is 0 Å². The van der Waals surface area contributed by atoms with Gasteiger partial charge in [-0.15, -0.1) is 0 Å². The highest BCUT2D eigenvalue weighted by atomic mass is 19.2. The fourth-order valence-electron chi connectivity index (χ4n) is 2.78. The third kappa shape index (κ3) is 3.76. The lowest BCUT2D eigenvalue weighted by Crippen LogP contribution is -2.48. The number of halogens is 3. The summed E-state index contributed by atoms with van der Waals surface area (Å²) in [5, 5.41) is 0. The van der Waals surface area contributed by atoms with Crippen molar-refractivity contribution in [2.45, 2.75) is 6.54 Å². The first-order valence-corrected chi connectivity index (χ1v) is 7.74. The van der Waals surface area contributed by atoms with Crippen LogP contribution in [-0.4, -0.2) is 41.9 Å². The van der Waals surface area contributed by atoms with Crippen LogP contribution in [0, 0.1) is 17.5 Å². The van der Waals surface area contributed by atoms with E-state index in [4.69, 9.17) is 0 Å². The van der Waals surface area contributed by atoms with Crippen molar-refractivity contribution in [3.63, 3.8) is 0 Å². The molecule has 0 aromatic heterocycles. The fourth-order valence-corrected chi connectivity index (χ4v) is 2.78. The molecular weight excluding hydrogens is 317 g/mol. The average Bonchev–Trinajstić information content (AvgIpc) is 2.59. The summed E-state index contributed by atoms with van der Waals surface area (Å²) in [6, 6.07) is 9.38. The molecule has 1 saturated heterocycles. The molecule has 1 fully saturated rings. The number of nitrogens with zero attached hydrogens (tertiary/aromatic N) is 2.